The van der Waals surface area contributed by atoms with Crippen molar-refractivity contribution in [2.45, 2.75) is 0 Å². The largest absolute Gasteiger partial charge is 0.493 e. The molecule has 2 aromatic carbocycles. The molecule has 1 N–H and O–H groups in total. The maximum Gasteiger partial charge on any atom is 0.253 e. The second-order valence-electron chi connectivity index (χ2n) is 5.71. The molecule has 2 rings (SSSR count). The predicted molar refractivity (Wildman–Crippen MR) is 102 cm³/mol. The lowest BCUT2D eigenvalue weighted by atomic mass is 10.1. The van der Waals surface area contributed by atoms with Gasteiger partial charge in [0.05, 0.1) is 14.2 Å². The zero-order valence-electron chi connectivity index (χ0n) is 15.3. The van der Waals surface area contributed by atoms with Crippen molar-refractivity contribution in [1.29, 1.82) is 0 Å². The lowest BCUT2D eigenvalue weighted by Crippen LogP contribution is -2.21. The van der Waals surface area contributed by atoms with E-state index in [1.807, 2.05) is 6.07 Å². The number of ether oxygens (including phenoxy) is 2. The summed E-state index contributed by atoms with van der Waals surface area (Å²) in [6, 6.07) is 12.1. The van der Waals surface area contributed by atoms with Gasteiger partial charge in [-0.15, -0.1) is 0 Å². The van der Waals surface area contributed by atoms with Gasteiger partial charge < -0.3 is 19.7 Å². The molecule has 0 aromatic heterocycles. The standard InChI is InChI=1S/C20H22N2O4/c1-22(2)20(24)15-7-9-16(10-8-15)21-19(23)12-6-14-5-11-17(25-3)18(13-14)26-4/h5-13H,1-4H3,(H,21,23)/b12-6+. The minimum atomic E-state index is -0.272. The van der Waals surface area contributed by atoms with E-state index in [0.717, 1.165) is 5.56 Å². The Bertz CT molecular complexity index is 811. The number of methoxy groups -OCH3 is 2. The first-order chi connectivity index (χ1) is 12.4. The summed E-state index contributed by atoms with van der Waals surface area (Å²) in [5, 5.41) is 2.75. The van der Waals surface area contributed by atoms with E-state index in [0.29, 0.717) is 22.7 Å². The molecule has 0 heterocycles. The lowest BCUT2D eigenvalue weighted by molar-refractivity contribution is -0.111. The van der Waals surface area contributed by atoms with Gasteiger partial charge in [-0.25, -0.2) is 0 Å². The molecular weight excluding hydrogens is 332 g/mol. The van der Waals surface area contributed by atoms with Gasteiger partial charge in [-0.3, -0.25) is 9.59 Å². The molecule has 0 aliphatic rings. The molecule has 2 aromatic rings. The Hall–Kier alpha value is -3.28. The van der Waals surface area contributed by atoms with Crippen LogP contribution in [0.1, 0.15) is 15.9 Å². The predicted octanol–water partition coefficient (Wildman–Crippen LogP) is 3.06. The maximum atomic E-state index is 12.1. The minimum Gasteiger partial charge on any atom is -0.493 e. The summed E-state index contributed by atoms with van der Waals surface area (Å²) in [6.07, 6.45) is 3.11. The van der Waals surface area contributed by atoms with Gasteiger partial charge in [0.1, 0.15) is 0 Å². The van der Waals surface area contributed by atoms with Crippen LogP contribution in [-0.2, 0) is 4.79 Å². The fraction of sp³-hybridized carbons (Fsp3) is 0.200. The van der Waals surface area contributed by atoms with Crippen molar-refractivity contribution in [2.24, 2.45) is 0 Å². The van der Waals surface area contributed by atoms with Crippen LogP contribution in [0.5, 0.6) is 11.5 Å². The molecule has 0 saturated carbocycles. The Labute approximate surface area is 153 Å². The van der Waals surface area contributed by atoms with Crippen molar-refractivity contribution in [3.8, 4) is 11.5 Å². The van der Waals surface area contributed by atoms with Gasteiger partial charge in [-0.1, -0.05) is 6.07 Å². The third kappa shape index (κ3) is 4.86. The topological polar surface area (TPSA) is 67.9 Å². The summed E-state index contributed by atoms with van der Waals surface area (Å²) in [6.45, 7) is 0. The van der Waals surface area contributed by atoms with E-state index in [1.165, 1.54) is 11.0 Å². The van der Waals surface area contributed by atoms with Crippen LogP contribution >= 0.6 is 0 Å². The zero-order chi connectivity index (χ0) is 19.1. The second kappa shape index (κ2) is 8.71. The fourth-order valence-electron chi connectivity index (χ4n) is 2.27. The van der Waals surface area contributed by atoms with Crippen molar-refractivity contribution in [1.82, 2.24) is 4.90 Å². The SMILES string of the molecule is COc1ccc(/C=C/C(=O)Nc2ccc(C(=O)N(C)C)cc2)cc1OC. The van der Waals surface area contributed by atoms with Crippen LogP contribution in [0.2, 0.25) is 0 Å². The molecule has 2 amide bonds. The Morgan fingerprint density at radius 3 is 2.19 bits per heavy atom. The summed E-state index contributed by atoms with van der Waals surface area (Å²) in [7, 11) is 6.51. The fourth-order valence-corrected chi connectivity index (χ4v) is 2.27. The molecular formula is C20H22N2O4. The summed E-state index contributed by atoms with van der Waals surface area (Å²) >= 11 is 0. The van der Waals surface area contributed by atoms with E-state index < -0.39 is 0 Å². The number of benzene rings is 2. The first-order valence-corrected chi connectivity index (χ1v) is 7.97. The first kappa shape index (κ1) is 19.1. The molecule has 26 heavy (non-hydrogen) atoms. The Kier molecular flexibility index (Phi) is 6.38. The normalized spacial score (nSPS) is 10.5. The van der Waals surface area contributed by atoms with E-state index in [-0.39, 0.29) is 11.8 Å². The molecule has 0 saturated heterocycles. The number of carbonyl (C=O) groups excluding carboxylic acids is 2. The highest BCUT2D eigenvalue weighted by Crippen LogP contribution is 2.27. The van der Waals surface area contributed by atoms with Gasteiger partial charge in [-0.05, 0) is 48.0 Å². The van der Waals surface area contributed by atoms with Crippen LogP contribution in [0, 0.1) is 0 Å². The van der Waals surface area contributed by atoms with E-state index in [2.05, 4.69) is 5.32 Å². The van der Waals surface area contributed by atoms with Crippen LogP contribution in [0.15, 0.2) is 48.5 Å². The highest BCUT2D eigenvalue weighted by Gasteiger charge is 2.08. The number of amides is 2. The maximum absolute atomic E-state index is 12.1. The highest BCUT2D eigenvalue weighted by molar-refractivity contribution is 6.02. The summed E-state index contributed by atoms with van der Waals surface area (Å²) in [5.74, 6) is 0.861. The van der Waals surface area contributed by atoms with Gasteiger partial charge in [0.2, 0.25) is 5.91 Å². The van der Waals surface area contributed by atoms with Crippen molar-refractivity contribution < 1.29 is 19.1 Å². The molecule has 0 fully saturated rings. The molecule has 136 valence electrons. The number of hydrogen-bond acceptors (Lipinski definition) is 4. The third-order valence-corrected chi connectivity index (χ3v) is 3.64. The van der Waals surface area contributed by atoms with Crippen LogP contribution in [-0.4, -0.2) is 45.0 Å². The smallest absolute Gasteiger partial charge is 0.253 e. The van der Waals surface area contributed by atoms with Gasteiger partial charge in [-0.2, -0.15) is 0 Å². The molecule has 6 heteroatoms. The van der Waals surface area contributed by atoms with E-state index >= 15 is 0 Å². The number of nitrogens with one attached hydrogen (secondary N) is 1. The Balaban J connectivity index is 2.02. The second-order valence-corrected chi connectivity index (χ2v) is 5.71. The molecule has 6 nitrogen and oxygen atoms in total. The minimum absolute atomic E-state index is 0.0868. The average Bonchev–Trinajstić information content (AvgIpc) is 2.66. The number of rotatable bonds is 6. The molecule has 0 unspecified atom stereocenters. The highest BCUT2D eigenvalue weighted by atomic mass is 16.5. The monoisotopic (exact) mass is 354 g/mol. The van der Waals surface area contributed by atoms with Crippen molar-refractivity contribution >= 4 is 23.6 Å². The van der Waals surface area contributed by atoms with Crippen molar-refractivity contribution in [3.05, 3.63) is 59.7 Å². The van der Waals surface area contributed by atoms with Gasteiger partial charge in [0.15, 0.2) is 11.5 Å². The summed E-state index contributed by atoms with van der Waals surface area (Å²) in [5.41, 5.74) is 1.99. The number of nitrogens with zero attached hydrogens (tertiary/aromatic N) is 1. The number of carbonyl (C=O) groups is 2. The molecule has 0 spiro atoms. The van der Waals surface area contributed by atoms with Crippen LogP contribution in [0.4, 0.5) is 5.69 Å². The Morgan fingerprint density at radius 2 is 1.62 bits per heavy atom. The summed E-state index contributed by atoms with van der Waals surface area (Å²) in [4.78, 5) is 25.4. The summed E-state index contributed by atoms with van der Waals surface area (Å²) < 4.78 is 10.4. The third-order valence-electron chi connectivity index (χ3n) is 3.64. The lowest BCUT2D eigenvalue weighted by Gasteiger charge is -2.10. The van der Waals surface area contributed by atoms with Crippen LogP contribution in [0.3, 0.4) is 0 Å². The van der Waals surface area contributed by atoms with E-state index in [1.54, 1.807) is 70.8 Å². The van der Waals surface area contributed by atoms with Crippen LogP contribution < -0.4 is 14.8 Å². The molecule has 0 atom stereocenters. The Morgan fingerprint density at radius 1 is 0.962 bits per heavy atom. The molecule has 0 radical (unpaired) electrons. The quantitative estimate of drug-likeness (QED) is 0.810. The molecule has 0 aliphatic heterocycles. The van der Waals surface area contributed by atoms with Gasteiger partial charge in [0, 0.05) is 31.4 Å². The van der Waals surface area contributed by atoms with Crippen LogP contribution in [0.25, 0.3) is 6.08 Å². The van der Waals surface area contributed by atoms with Gasteiger partial charge in [0.25, 0.3) is 5.91 Å². The van der Waals surface area contributed by atoms with E-state index in [9.17, 15) is 9.59 Å². The molecule has 0 bridgehead atoms. The van der Waals surface area contributed by atoms with Crippen molar-refractivity contribution in [3.63, 3.8) is 0 Å². The molecule has 0 aliphatic carbocycles. The number of anilines is 1. The van der Waals surface area contributed by atoms with Gasteiger partial charge >= 0.3 is 0 Å². The first-order valence-electron chi connectivity index (χ1n) is 7.97. The van der Waals surface area contributed by atoms with E-state index in [4.69, 9.17) is 9.47 Å². The number of hydrogen-bond donors (Lipinski definition) is 1. The zero-order valence-corrected chi connectivity index (χ0v) is 15.3. The average molecular weight is 354 g/mol. The van der Waals surface area contributed by atoms with Crippen molar-refractivity contribution in [2.75, 3.05) is 33.6 Å².